The van der Waals surface area contributed by atoms with Crippen molar-refractivity contribution in [3.63, 3.8) is 0 Å². The Labute approximate surface area is 239 Å². The van der Waals surface area contributed by atoms with E-state index in [4.69, 9.17) is 19.4 Å². The Bertz CT molecular complexity index is 1570. The Hall–Kier alpha value is -2.84. The molecular formula is C28H30FN6O3Pd-. The SMILES string of the molecule is COC(C)COc1nc(N2CC3CC2CN3)c2cc(C3CC3)c(-c3c(C)c(F)cc4n[n-]cc34)c(O)c2n1.[Pd]. The van der Waals surface area contributed by atoms with Gasteiger partial charge in [0.1, 0.15) is 29.5 Å². The summed E-state index contributed by atoms with van der Waals surface area (Å²) in [5, 5.41) is 25.1. The molecule has 2 N–H and O–H groups in total. The van der Waals surface area contributed by atoms with Gasteiger partial charge >= 0.3 is 6.01 Å². The summed E-state index contributed by atoms with van der Waals surface area (Å²) in [4.78, 5) is 11.9. The fourth-order valence-corrected chi connectivity index (χ4v) is 6.02. The third-order valence-electron chi connectivity index (χ3n) is 8.29. The van der Waals surface area contributed by atoms with Gasteiger partial charge in [-0.2, -0.15) is 16.2 Å². The number of rotatable bonds is 7. The van der Waals surface area contributed by atoms with Crippen LogP contribution >= 0.6 is 0 Å². The minimum absolute atomic E-state index is 0. The van der Waals surface area contributed by atoms with Crippen molar-refractivity contribution >= 4 is 27.6 Å². The van der Waals surface area contributed by atoms with Crippen LogP contribution in [-0.4, -0.2) is 65.2 Å². The molecule has 0 radical (unpaired) electrons. The molecule has 3 atom stereocenters. The van der Waals surface area contributed by atoms with Crippen molar-refractivity contribution < 1.29 is 39.4 Å². The van der Waals surface area contributed by atoms with Gasteiger partial charge in [-0.15, -0.1) is 0 Å². The molecule has 0 spiro atoms. The monoisotopic (exact) mass is 623 g/mol. The van der Waals surface area contributed by atoms with E-state index in [1.165, 1.54) is 6.07 Å². The van der Waals surface area contributed by atoms with Crippen molar-refractivity contribution in [3.05, 3.63) is 35.3 Å². The normalized spacial score (nSPS) is 21.1. The summed E-state index contributed by atoms with van der Waals surface area (Å²) in [6.07, 6.45) is 4.57. The number of hydrogen-bond acceptors (Lipinski definition) is 8. The van der Waals surface area contributed by atoms with E-state index in [0.717, 1.165) is 49.1 Å². The molecule has 2 saturated heterocycles. The second-order valence-corrected chi connectivity index (χ2v) is 10.8. The third-order valence-corrected chi connectivity index (χ3v) is 8.29. The maximum absolute atomic E-state index is 15.1. The molecule has 2 aromatic heterocycles. The molecule has 11 heteroatoms. The molecule has 9 nitrogen and oxygen atoms in total. The van der Waals surface area contributed by atoms with Crippen molar-refractivity contribution in [1.82, 2.24) is 25.5 Å². The molecular weight excluding hydrogens is 594 g/mol. The number of nitrogens with zero attached hydrogens (tertiary/aromatic N) is 5. The number of benzene rings is 2. The van der Waals surface area contributed by atoms with Gasteiger partial charge in [-0.05, 0) is 73.2 Å². The predicted octanol–water partition coefficient (Wildman–Crippen LogP) is 3.79. The van der Waals surface area contributed by atoms with Gasteiger partial charge in [0.05, 0.1) is 11.6 Å². The van der Waals surface area contributed by atoms with Crippen LogP contribution in [0.25, 0.3) is 32.9 Å². The molecule has 2 aliphatic heterocycles. The molecule has 208 valence electrons. The van der Waals surface area contributed by atoms with E-state index in [2.05, 4.69) is 26.5 Å². The number of fused-ring (bicyclic) bond motifs is 4. The quantitative estimate of drug-likeness (QED) is 0.298. The molecule has 4 aromatic rings. The summed E-state index contributed by atoms with van der Waals surface area (Å²) in [5.74, 6) is 0.676. The second kappa shape index (κ2) is 9.97. The number of piperazine rings is 1. The van der Waals surface area contributed by atoms with Gasteiger partial charge in [0.2, 0.25) is 0 Å². The zero-order chi connectivity index (χ0) is 26.1. The molecule has 4 heterocycles. The molecule has 2 bridgehead atoms. The van der Waals surface area contributed by atoms with E-state index in [1.54, 1.807) is 20.2 Å². The Morgan fingerprint density at radius 3 is 2.74 bits per heavy atom. The van der Waals surface area contributed by atoms with Crippen LogP contribution in [0.1, 0.15) is 43.2 Å². The molecule has 2 aromatic carbocycles. The summed E-state index contributed by atoms with van der Waals surface area (Å²) in [6, 6.07) is 4.43. The Kier molecular flexibility index (Phi) is 6.74. The van der Waals surface area contributed by atoms with Crippen molar-refractivity contribution in [2.75, 3.05) is 31.7 Å². The van der Waals surface area contributed by atoms with Crippen LogP contribution < -0.4 is 20.1 Å². The van der Waals surface area contributed by atoms with Crippen LogP contribution in [-0.2, 0) is 25.2 Å². The fraction of sp³-hybridized carbons (Fsp3) is 0.464. The van der Waals surface area contributed by atoms with E-state index < -0.39 is 0 Å². The molecule has 0 amide bonds. The number of nitrogens with one attached hydrogen (secondary N) is 1. The Morgan fingerprint density at radius 1 is 1.23 bits per heavy atom. The van der Waals surface area contributed by atoms with Gasteiger partial charge < -0.3 is 35.0 Å². The zero-order valence-electron chi connectivity index (χ0n) is 22.0. The maximum atomic E-state index is 15.1. The van der Waals surface area contributed by atoms with Crippen LogP contribution in [0.4, 0.5) is 10.2 Å². The smallest absolute Gasteiger partial charge is 0.319 e. The van der Waals surface area contributed by atoms with Gasteiger partial charge in [-0.1, -0.05) is 0 Å². The van der Waals surface area contributed by atoms with Crippen LogP contribution in [0.2, 0.25) is 0 Å². The van der Waals surface area contributed by atoms with E-state index in [1.807, 2.05) is 6.92 Å². The fourth-order valence-electron chi connectivity index (χ4n) is 6.02. The van der Waals surface area contributed by atoms with E-state index >= 15 is 4.39 Å². The first-order valence-corrected chi connectivity index (χ1v) is 13.2. The second-order valence-electron chi connectivity index (χ2n) is 10.8. The van der Waals surface area contributed by atoms with Crippen molar-refractivity contribution in [2.24, 2.45) is 0 Å². The van der Waals surface area contributed by atoms with E-state index in [9.17, 15) is 5.11 Å². The van der Waals surface area contributed by atoms with Gasteiger partial charge in [-0.3, -0.25) is 0 Å². The minimum atomic E-state index is -0.379. The number of halogens is 1. The molecule has 1 saturated carbocycles. The first-order chi connectivity index (χ1) is 18.4. The number of phenolic OH excluding ortho intramolecular Hbond substituents is 1. The molecule has 3 unspecified atom stereocenters. The standard InChI is InChI=1S/C28H30FN6O3.Pd/c1-13(37-3)12-38-28-32-25-19(27(33-28)35-11-16-6-17(35)9-30-16)7-18(15-4-5-15)24(26(25)36)23-14(2)21(29)8-22-20(23)10-31-34-22;/h7-8,10,13,15-17,30H,4-6,9,11-12H2,1-3H3,(H-,31,32,33,34,36);/q-1;. The molecule has 7 rings (SSSR count). The molecule has 3 fully saturated rings. The number of phenols is 1. The number of methoxy groups -OCH3 is 1. The van der Waals surface area contributed by atoms with Gasteiger partial charge in [0.15, 0.2) is 0 Å². The predicted molar refractivity (Wildman–Crippen MR) is 141 cm³/mol. The summed E-state index contributed by atoms with van der Waals surface area (Å²) < 4.78 is 26.4. The first-order valence-electron chi connectivity index (χ1n) is 13.2. The Morgan fingerprint density at radius 2 is 2.05 bits per heavy atom. The number of aromatic hydroxyl groups is 1. The van der Waals surface area contributed by atoms with Crippen molar-refractivity contribution in [2.45, 2.75) is 57.2 Å². The van der Waals surface area contributed by atoms with Gasteiger partial charge in [-0.25, -0.2) is 4.39 Å². The van der Waals surface area contributed by atoms with E-state index in [-0.39, 0.29) is 56.6 Å². The number of anilines is 1. The summed E-state index contributed by atoms with van der Waals surface area (Å²) in [5.41, 5.74) is 3.51. The average molecular weight is 624 g/mol. The number of ether oxygens (including phenoxy) is 2. The topological polar surface area (TPSA) is 107 Å². The van der Waals surface area contributed by atoms with Gasteiger partial charge in [0, 0.05) is 63.7 Å². The Balaban J connectivity index is 0.00000277. The number of aromatic nitrogens is 4. The summed E-state index contributed by atoms with van der Waals surface area (Å²) in [6.45, 7) is 5.64. The van der Waals surface area contributed by atoms with Crippen LogP contribution in [0.15, 0.2) is 18.3 Å². The molecule has 1 aliphatic carbocycles. The number of hydrogen-bond donors (Lipinski definition) is 2. The van der Waals surface area contributed by atoms with Crippen molar-refractivity contribution in [3.8, 4) is 22.9 Å². The minimum Gasteiger partial charge on any atom is -0.581 e. The largest absolute Gasteiger partial charge is 0.581 e. The first kappa shape index (κ1) is 26.4. The maximum Gasteiger partial charge on any atom is 0.319 e. The van der Waals surface area contributed by atoms with Crippen LogP contribution in [0.3, 0.4) is 0 Å². The molecule has 3 aliphatic rings. The summed E-state index contributed by atoms with van der Waals surface area (Å²) in [7, 11) is 1.63. The summed E-state index contributed by atoms with van der Waals surface area (Å²) >= 11 is 0. The van der Waals surface area contributed by atoms with Crippen LogP contribution in [0, 0.1) is 12.7 Å². The van der Waals surface area contributed by atoms with Crippen molar-refractivity contribution in [1.29, 1.82) is 0 Å². The van der Waals surface area contributed by atoms with Gasteiger partial charge in [0.25, 0.3) is 0 Å². The van der Waals surface area contributed by atoms with E-state index in [0.29, 0.717) is 45.2 Å². The molecule has 39 heavy (non-hydrogen) atoms. The third kappa shape index (κ3) is 4.36. The average Bonchev–Trinajstić information content (AvgIpc) is 3.28. The zero-order valence-corrected chi connectivity index (χ0v) is 23.5. The van der Waals surface area contributed by atoms with Crippen LogP contribution in [0.5, 0.6) is 11.8 Å².